The highest BCUT2D eigenvalue weighted by Gasteiger charge is 2.16. The van der Waals surface area contributed by atoms with Crippen molar-refractivity contribution in [3.05, 3.63) is 71.3 Å². The molecule has 2 aromatic rings. The van der Waals surface area contributed by atoms with Crippen molar-refractivity contribution < 1.29 is 19.4 Å². The lowest BCUT2D eigenvalue weighted by Crippen LogP contribution is -2.28. The van der Waals surface area contributed by atoms with Crippen LogP contribution in [0.1, 0.15) is 27.6 Å². The second-order valence-electron chi connectivity index (χ2n) is 4.72. The third-order valence-corrected chi connectivity index (χ3v) is 3.18. The maximum absolute atomic E-state index is 11.9. The average Bonchev–Trinajstić information content (AvgIpc) is 2.59. The van der Waals surface area contributed by atoms with Crippen molar-refractivity contribution in [3.63, 3.8) is 0 Å². The van der Waals surface area contributed by atoms with Gasteiger partial charge < -0.3 is 15.2 Å². The number of benzene rings is 2. The molecule has 5 nitrogen and oxygen atoms in total. The zero-order valence-electron chi connectivity index (χ0n) is 12.2. The van der Waals surface area contributed by atoms with Gasteiger partial charge in [-0.15, -0.1) is 0 Å². The molecule has 1 amide bonds. The van der Waals surface area contributed by atoms with E-state index in [2.05, 4.69) is 10.1 Å². The van der Waals surface area contributed by atoms with Crippen LogP contribution >= 0.6 is 0 Å². The molecule has 114 valence electrons. The Hall–Kier alpha value is -2.66. The van der Waals surface area contributed by atoms with Gasteiger partial charge in [0.1, 0.15) is 0 Å². The maximum Gasteiger partial charge on any atom is 0.337 e. The molecule has 0 unspecified atom stereocenters. The van der Waals surface area contributed by atoms with Crippen LogP contribution in [0.5, 0.6) is 0 Å². The number of carbonyl (C=O) groups excluding carboxylic acids is 2. The molecule has 0 heterocycles. The molecule has 0 aliphatic heterocycles. The van der Waals surface area contributed by atoms with E-state index < -0.39 is 18.0 Å². The van der Waals surface area contributed by atoms with Crippen LogP contribution in [0.4, 0.5) is 0 Å². The highest BCUT2D eigenvalue weighted by Crippen LogP contribution is 2.12. The second-order valence-corrected chi connectivity index (χ2v) is 4.72. The standard InChI is InChI=1S/C17H17NO4/c1-22-17(21)14-9-5-6-12(10-14)11-18-16(20)15(19)13-7-3-2-4-8-13/h2-10,15,19H,11H2,1H3,(H,18,20)/t15-/m1/s1. The first-order chi connectivity index (χ1) is 10.6. The van der Waals surface area contributed by atoms with Crippen LogP contribution in [0.3, 0.4) is 0 Å². The first-order valence-corrected chi connectivity index (χ1v) is 6.80. The van der Waals surface area contributed by atoms with Gasteiger partial charge in [0, 0.05) is 6.54 Å². The van der Waals surface area contributed by atoms with Crippen molar-refractivity contribution in [1.82, 2.24) is 5.32 Å². The summed E-state index contributed by atoms with van der Waals surface area (Å²) in [6, 6.07) is 15.5. The number of nitrogens with one attached hydrogen (secondary N) is 1. The van der Waals surface area contributed by atoms with Crippen LogP contribution in [0, 0.1) is 0 Å². The molecule has 0 spiro atoms. The van der Waals surface area contributed by atoms with Gasteiger partial charge in [-0.05, 0) is 23.3 Å². The summed E-state index contributed by atoms with van der Waals surface area (Å²) in [5.41, 5.74) is 1.69. The number of rotatable bonds is 5. The molecule has 0 radical (unpaired) electrons. The quantitative estimate of drug-likeness (QED) is 0.826. The number of aliphatic hydroxyl groups excluding tert-OH is 1. The summed E-state index contributed by atoms with van der Waals surface area (Å²) in [7, 11) is 1.31. The molecule has 2 N–H and O–H groups in total. The Balaban J connectivity index is 1.98. The van der Waals surface area contributed by atoms with Crippen LogP contribution in [-0.4, -0.2) is 24.1 Å². The molecule has 0 saturated carbocycles. The molecule has 2 rings (SSSR count). The molecule has 5 heteroatoms. The van der Waals surface area contributed by atoms with Gasteiger partial charge in [0.05, 0.1) is 12.7 Å². The first kappa shape index (κ1) is 15.7. The molecule has 0 aliphatic rings. The van der Waals surface area contributed by atoms with Crippen molar-refractivity contribution >= 4 is 11.9 Å². The minimum absolute atomic E-state index is 0.216. The molecular formula is C17H17NO4. The maximum atomic E-state index is 11.9. The fourth-order valence-electron chi connectivity index (χ4n) is 2.00. The van der Waals surface area contributed by atoms with Crippen LogP contribution in [0.15, 0.2) is 54.6 Å². The van der Waals surface area contributed by atoms with Crippen molar-refractivity contribution in [1.29, 1.82) is 0 Å². The Morgan fingerprint density at radius 3 is 2.55 bits per heavy atom. The Morgan fingerprint density at radius 2 is 1.86 bits per heavy atom. The van der Waals surface area contributed by atoms with Gasteiger partial charge >= 0.3 is 5.97 Å². The predicted octanol–water partition coefficient (Wildman–Crippen LogP) is 1.82. The van der Waals surface area contributed by atoms with E-state index in [4.69, 9.17) is 0 Å². The van der Waals surface area contributed by atoms with Crippen LogP contribution in [0.2, 0.25) is 0 Å². The summed E-state index contributed by atoms with van der Waals surface area (Å²) in [5, 5.41) is 12.6. The minimum atomic E-state index is -1.22. The smallest absolute Gasteiger partial charge is 0.337 e. The second kappa shape index (κ2) is 7.38. The summed E-state index contributed by atoms with van der Waals surface area (Å²) < 4.78 is 4.65. The van der Waals surface area contributed by atoms with Crippen molar-refractivity contribution in [3.8, 4) is 0 Å². The number of hydrogen-bond donors (Lipinski definition) is 2. The van der Waals surface area contributed by atoms with Gasteiger partial charge in [-0.3, -0.25) is 4.79 Å². The SMILES string of the molecule is COC(=O)c1cccc(CNC(=O)[C@H](O)c2ccccc2)c1. The minimum Gasteiger partial charge on any atom is -0.465 e. The molecule has 0 fully saturated rings. The van der Waals surface area contributed by atoms with E-state index in [0.717, 1.165) is 5.56 Å². The zero-order valence-corrected chi connectivity index (χ0v) is 12.2. The fourth-order valence-corrected chi connectivity index (χ4v) is 2.00. The summed E-state index contributed by atoms with van der Waals surface area (Å²) in [4.78, 5) is 23.4. The Kier molecular flexibility index (Phi) is 5.27. The average molecular weight is 299 g/mol. The Morgan fingerprint density at radius 1 is 1.14 bits per heavy atom. The van der Waals surface area contributed by atoms with Gasteiger partial charge in [0.25, 0.3) is 5.91 Å². The number of carbonyl (C=O) groups is 2. The molecule has 0 aromatic heterocycles. The number of aliphatic hydroxyl groups is 1. The highest BCUT2D eigenvalue weighted by molar-refractivity contribution is 5.89. The molecule has 0 saturated heterocycles. The van der Waals surface area contributed by atoms with Crippen LogP contribution in [0.25, 0.3) is 0 Å². The number of ether oxygens (including phenoxy) is 1. The van der Waals surface area contributed by atoms with Gasteiger partial charge in [0.15, 0.2) is 6.10 Å². The number of hydrogen-bond acceptors (Lipinski definition) is 4. The van der Waals surface area contributed by atoms with Gasteiger partial charge in [-0.1, -0.05) is 42.5 Å². The molecule has 0 aliphatic carbocycles. The Labute approximate surface area is 128 Å². The summed E-state index contributed by atoms with van der Waals surface area (Å²) >= 11 is 0. The molecule has 0 bridgehead atoms. The third kappa shape index (κ3) is 3.93. The summed E-state index contributed by atoms with van der Waals surface area (Å²) in [5.74, 6) is -0.924. The topological polar surface area (TPSA) is 75.6 Å². The molecular weight excluding hydrogens is 282 g/mol. The number of amides is 1. The van der Waals surface area contributed by atoms with E-state index >= 15 is 0 Å². The van der Waals surface area contributed by atoms with E-state index in [9.17, 15) is 14.7 Å². The zero-order chi connectivity index (χ0) is 15.9. The number of esters is 1. The van der Waals surface area contributed by atoms with Crippen LogP contribution in [-0.2, 0) is 16.1 Å². The van der Waals surface area contributed by atoms with Crippen molar-refractivity contribution in [2.45, 2.75) is 12.6 Å². The van der Waals surface area contributed by atoms with E-state index in [1.54, 1.807) is 48.5 Å². The van der Waals surface area contributed by atoms with Gasteiger partial charge in [-0.2, -0.15) is 0 Å². The highest BCUT2D eigenvalue weighted by atomic mass is 16.5. The lowest BCUT2D eigenvalue weighted by Gasteiger charge is -2.12. The molecule has 1 atom stereocenters. The van der Waals surface area contributed by atoms with Crippen LogP contribution < -0.4 is 5.32 Å². The lowest BCUT2D eigenvalue weighted by atomic mass is 10.1. The molecule has 22 heavy (non-hydrogen) atoms. The molecule has 2 aromatic carbocycles. The largest absolute Gasteiger partial charge is 0.465 e. The van der Waals surface area contributed by atoms with E-state index in [1.165, 1.54) is 7.11 Å². The predicted molar refractivity (Wildman–Crippen MR) is 81.0 cm³/mol. The summed E-state index contributed by atoms with van der Waals surface area (Å²) in [6.45, 7) is 0.216. The van der Waals surface area contributed by atoms with Crippen molar-refractivity contribution in [2.75, 3.05) is 7.11 Å². The third-order valence-electron chi connectivity index (χ3n) is 3.18. The monoisotopic (exact) mass is 299 g/mol. The lowest BCUT2D eigenvalue weighted by molar-refractivity contribution is -0.129. The van der Waals surface area contributed by atoms with E-state index in [1.807, 2.05) is 6.07 Å². The first-order valence-electron chi connectivity index (χ1n) is 6.80. The fraction of sp³-hybridized carbons (Fsp3) is 0.176. The van der Waals surface area contributed by atoms with Crippen molar-refractivity contribution in [2.24, 2.45) is 0 Å². The van der Waals surface area contributed by atoms with E-state index in [-0.39, 0.29) is 6.54 Å². The Bertz CT molecular complexity index is 655. The van der Waals surface area contributed by atoms with E-state index in [0.29, 0.717) is 11.1 Å². The normalized spacial score (nSPS) is 11.5. The number of methoxy groups -OCH3 is 1. The van der Waals surface area contributed by atoms with Gasteiger partial charge in [-0.25, -0.2) is 4.79 Å². The summed E-state index contributed by atoms with van der Waals surface area (Å²) in [6.07, 6.45) is -1.22. The van der Waals surface area contributed by atoms with Gasteiger partial charge in [0.2, 0.25) is 0 Å².